The number of hydrogen-bond donors (Lipinski definition) is 1. The Morgan fingerprint density at radius 1 is 1.19 bits per heavy atom. The van der Waals surface area contributed by atoms with E-state index in [9.17, 15) is 14.4 Å². The normalized spacial score (nSPS) is 14.7. The number of nitrogens with one attached hydrogen (secondary N) is 1. The SMILES string of the molecule is COc1cc(/C=C2\SC(=S)N(NC(=O)c3ccc(C)cc3Cl)C2=O)ccc1OC(C)=O. The summed E-state index contributed by atoms with van der Waals surface area (Å²) in [5, 5.41) is 1.29. The van der Waals surface area contributed by atoms with Gasteiger partial charge in [-0.05, 0) is 60.6 Å². The van der Waals surface area contributed by atoms with Crippen molar-refractivity contribution in [3.63, 3.8) is 0 Å². The molecule has 160 valence electrons. The van der Waals surface area contributed by atoms with E-state index >= 15 is 0 Å². The van der Waals surface area contributed by atoms with Gasteiger partial charge in [0, 0.05) is 6.92 Å². The lowest BCUT2D eigenvalue weighted by atomic mass is 10.1. The molecule has 0 spiro atoms. The number of thioether (sulfide) groups is 1. The quantitative estimate of drug-likeness (QED) is 0.300. The number of amides is 2. The number of hydrazine groups is 1. The maximum absolute atomic E-state index is 12.8. The van der Waals surface area contributed by atoms with Crippen LogP contribution in [0.3, 0.4) is 0 Å². The van der Waals surface area contributed by atoms with Crippen molar-refractivity contribution in [1.29, 1.82) is 0 Å². The van der Waals surface area contributed by atoms with Crippen molar-refractivity contribution in [3.05, 3.63) is 63.0 Å². The largest absolute Gasteiger partial charge is 0.493 e. The molecular formula is C21H17ClN2O5S2. The maximum Gasteiger partial charge on any atom is 0.308 e. The standard InChI is InChI=1S/C21H17ClN2O5S2/c1-11-4-6-14(15(22)8-11)19(26)23-24-20(27)18(31-21(24)30)10-13-5-7-16(29-12(2)25)17(9-13)28-3/h4-10H,1-3H3,(H,23,26)/b18-10-. The zero-order valence-electron chi connectivity index (χ0n) is 16.7. The molecule has 2 aromatic carbocycles. The molecule has 0 bridgehead atoms. The highest BCUT2D eigenvalue weighted by molar-refractivity contribution is 8.26. The van der Waals surface area contributed by atoms with Crippen LogP contribution in [0.2, 0.25) is 5.02 Å². The second-order valence-electron chi connectivity index (χ2n) is 6.45. The summed E-state index contributed by atoms with van der Waals surface area (Å²) in [7, 11) is 1.44. The number of esters is 1. The van der Waals surface area contributed by atoms with E-state index in [-0.39, 0.29) is 20.7 Å². The van der Waals surface area contributed by atoms with Gasteiger partial charge in [0.25, 0.3) is 11.8 Å². The molecule has 0 aromatic heterocycles. The van der Waals surface area contributed by atoms with Crippen molar-refractivity contribution in [2.24, 2.45) is 0 Å². The Balaban J connectivity index is 1.80. The topological polar surface area (TPSA) is 84.9 Å². The number of nitrogens with zero attached hydrogens (tertiary/aromatic N) is 1. The van der Waals surface area contributed by atoms with E-state index in [0.29, 0.717) is 16.2 Å². The number of ether oxygens (including phenoxy) is 2. The molecule has 1 aliphatic heterocycles. The fourth-order valence-corrected chi connectivity index (χ4v) is 4.20. The van der Waals surface area contributed by atoms with Gasteiger partial charge in [-0.15, -0.1) is 0 Å². The average Bonchev–Trinajstić information content (AvgIpc) is 2.96. The van der Waals surface area contributed by atoms with Crippen LogP contribution in [-0.4, -0.2) is 34.2 Å². The lowest BCUT2D eigenvalue weighted by molar-refractivity contribution is -0.132. The number of rotatable bonds is 5. The van der Waals surface area contributed by atoms with Gasteiger partial charge in [0.15, 0.2) is 15.8 Å². The van der Waals surface area contributed by atoms with Gasteiger partial charge in [-0.1, -0.05) is 35.5 Å². The first-order valence-electron chi connectivity index (χ1n) is 8.91. The molecule has 10 heteroatoms. The van der Waals surface area contributed by atoms with Crippen molar-refractivity contribution in [2.75, 3.05) is 7.11 Å². The Morgan fingerprint density at radius 3 is 2.58 bits per heavy atom. The highest BCUT2D eigenvalue weighted by Crippen LogP contribution is 2.34. The van der Waals surface area contributed by atoms with E-state index < -0.39 is 17.8 Å². The Kier molecular flexibility index (Phi) is 6.99. The Hall–Kier alpha value is -2.88. The molecule has 0 aliphatic carbocycles. The maximum atomic E-state index is 12.8. The first-order valence-corrected chi connectivity index (χ1v) is 10.5. The number of carbonyl (C=O) groups excluding carboxylic acids is 3. The fraction of sp³-hybridized carbons (Fsp3) is 0.143. The summed E-state index contributed by atoms with van der Waals surface area (Å²) >= 11 is 12.4. The Bertz CT molecular complexity index is 1130. The predicted octanol–water partition coefficient (Wildman–Crippen LogP) is 4.13. The molecule has 0 unspecified atom stereocenters. The van der Waals surface area contributed by atoms with Crippen LogP contribution in [-0.2, 0) is 9.59 Å². The van der Waals surface area contributed by atoms with Gasteiger partial charge in [0.05, 0.1) is 22.6 Å². The first-order chi connectivity index (χ1) is 14.7. The molecule has 31 heavy (non-hydrogen) atoms. The number of benzene rings is 2. The summed E-state index contributed by atoms with van der Waals surface area (Å²) in [6.45, 7) is 3.14. The predicted molar refractivity (Wildman–Crippen MR) is 123 cm³/mol. The summed E-state index contributed by atoms with van der Waals surface area (Å²) in [5.74, 6) is -0.899. The van der Waals surface area contributed by atoms with Crippen LogP contribution in [0.4, 0.5) is 0 Å². The van der Waals surface area contributed by atoms with Crippen LogP contribution in [0.5, 0.6) is 11.5 Å². The summed E-state index contributed by atoms with van der Waals surface area (Å²) < 4.78 is 10.5. The van der Waals surface area contributed by atoms with E-state index in [1.54, 1.807) is 42.5 Å². The number of methoxy groups -OCH3 is 1. The average molecular weight is 477 g/mol. The van der Waals surface area contributed by atoms with Gasteiger partial charge in [-0.25, -0.2) is 0 Å². The summed E-state index contributed by atoms with van der Waals surface area (Å²) in [6.07, 6.45) is 1.60. The molecular weight excluding hydrogens is 460 g/mol. The molecule has 3 rings (SSSR count). The van der Waals surface area contributed by atoms with Crippen LogP contribution < -0.4 is 14.9 Å². The van der Waals surface area contributed by atoms with Gasteiger partial charge in [0.2, 0.25) is 0 Å². The zero-order chi connectivity index (χ0) is 22.7. The molecule has 7 nitrogen and oxygen atoms in total. The second-order valence-corrected chi connectivity index (χ2v) is 8.53. The van der Waals surface area contributed by atoms with E-state index in [1.165, 1.54) is 14.0 Å². The fourth-order valence-electron chi connectivity index (χ4n) is 2.69. The number of halogens is 1. The minimum atomic E-state index is -0.546. The van der Waals surface area contributed by atoms with E-state index in [2.05, 4.69) is 5.43 Å². The Morgan fingerprint density at radius 2 is 1.94 bits per heavy atom. The number of thiocarbonyl (C=S) groups is 1. The molecule has 1 saturated heterocycles. The van der Waals surface area contributed by atoms with Gasteiger partial charge < -0.3 is 9.47 Å². The minimum absolute atomic E-state index is 0.177. The second kappa shape index (κ2) is 9.51. The van der Waals surface area contributed by atoms with Crippen molar-refractivity contribution in [2.45, 2.75) is 13.8 Å². The van der Waals surface area contributed by atoms with E-state index in [4.69, 9.17) is 33.3 Å². The third-order valence-electron chi connectivity index (χ3n) is 4.12. The molecule has 1 fully saturated rings. The lowest BCUT2D eigenvalue weighted by Crippen LogP contribution is -2.44. The molecule has 1 aliphatic rings. The van der Waals surface area contributed by atoms with Crippen molar-refractivity contribution in [3.8, 4) is 11.5 Å². The Labute approximate surface area is 193 Å². The highest BCUT2D eigenvalue weighted by Gasteiger charge is 2.34. The molecule has 1 heterocycles. The first kappa shape index (κ1) is 22.8. The van der Waals surface area contributed by atoms with Crippen molar-refractivity contribution >= 4 is 63.8 Å². The summed E-state index contributed by atoms with van der Waals surface area (Å²) in [6, 6.07) is 9.84. The van der Waals surface area contributed by atoms with Gasteiger partial charge in [-0.2, -0.15) is 5.01 Å². The number of aryl methyl sites for hydroxylation is 1. The number of hydrogen-bond acceptors (Lipinski definition) is 7. The van der Waals surface area contributed by atoms with Gasteiger partial charge >= 0.3 is 5.97 Å². The molecule has 0 saturated carbocycles. The molecule has 2 amide bonds. The zero-order valence-corrected chi connectivity index (χ0v) is 19.1. The molecule has 1 N–H and O–H groups in total. The van der Waals surface area contributed by atoms with Crippen LogP contribution in [0, 0.1) is 6.92 Å². The lowest BCUT2D eigenvalue weighted by Gasteiger charge is -2.16. The summed E-state index contributed by atoms with van der Waals surface area (Å²) in [4.78, 5) is 36.9. The minimum Gasteiger partial charge on any atom is -0.493 e. The van der Waals surface area contributed by atoms with Crippen LogP contribution in [0.1, 0.15) is 28.4 Å². The van der Waals surface area contributed by atoms with Gasteiger partial charge in [-0.3, -0.25) is 19.8 Å². The summed E-state index contributed by atoms with van der Waals surface area (Å²) in [5.41, 5.74) is 4.27. The molecule has 0 radical (unpaired) electrons. The van der Waals surface area contributed by atoms with Crippen LogP contribution in [0.15, 0.2) is 41.3 Å². The van der Waals surface area contributed by atoms with E-state index in [1.807, 2.05) is 6.92 Å². The third kappa shape index (κ3) is 5.25. The highest BCUT2D eigenvalue weighted by atomic mass is 35.5. The van der Waals surface area contributed by atoms with Crippen molar-refractivity contribution < 1.29 is 23.9 Å². The van der Waals surface area contributed by atoms with Crippen LogP contribution >= 0.6 is 35.6 Å². The third-order valence-corrected chi connectivity index (χ3v) is 5.73. The van der Waals surface area contributed by atoms with Crippen LogP contribution in [0.25, 0.3) is 6.08 Å². The van der Waals surface area contributed by atoms with E-state index in [0.717, 1.165) is 22.3 Å². The molecule has 0 atom stereocenters. The smallest absolute Gasteiger partial charge is 0.308 e. The van der Waals surface area contributed by atoms with Crippen molar-refractivity contribution in [1.82, 2.24) is 10.4 Å². The monoisotopic (exact) mass is 476 g/mol. The number of carbonyl (C=O) groups is 3. The van der Waals surface area contributed by atoms with Gasteiger partial charge in [0.1, 0.15) is 0 Å². The molecule has 2 aromatic rings.